The van der Waals surface area contributed by atoms with Gasteiger partial charge in [0.15, 0.2) is 0 Å². The summed E-state index contributed by atoms with van der Waals surface area (Å²) in [6.45, 7) is 3.88. The number of nitrogens with zero attached hydrogens (tertiary/aromatic N) is 2. The van der Waals surface area contributed by atoms with Crippen LogP contribution in [0.1, 0.15) is 28.3 Å². The molecule has 3 heterocycles. The second kappa shape index (κ2) is 8.62. The van der Waals surface area contributed by atoms with Crippen molar-refractivity contribution in [3.05, 3.63) is 95.2 Å². The second-order valence-corrected chi connectivity index (χ2v) is 9.91. The van der Waals surface area contributed by atoms with Crippen molar-refractivity contribution in [1.29, 1.82) is 0 Å². The highest BCUT2D eigenvalue weighted by Crippen LogP contribution is 2.53. The smallest absolute Gasteiger partial charge is 0.247 e. The van der Waals surface area contributed by atoms with E-state index < -0.39 is 23.9 Å². The summed E-state index contributed by atoms with van der Waals surface area (Å²) in [4.78, 5) is 44.9. The quantitative estimate of drug-likeness (QED) is 0.543. The number of ether oxygens (including phenoxy) is 1. The van der Waals surface area contributed by atoms with Crippen LogP contribution in [0.25, 0.3) is 6.08 Å². The summed E-state index contributed by atoms with van der Waals surface area (Å²) in [6, 6.07) is 19.3. The third kappa shape index (κ3) is 3.61. The maximum Gasteiger partial charge on any atom is 0.247 e. The van der Waals surface area contributed by atoms with Crippen molar-refractivity contribution in [2.75, 3.05) is 17.3 Å². The molecule has 3 aliphatic rings. The molecule has 0 aromatic heterocycles. The lowest BCUT2D eigenvalue weighted by atomic mass is 9.84. The maximum absolute atomic E-state index is 14.0. The van der Waals surface area contributed by atoms with Crippen LogP contribution >= 0.6 is 0 Å². The Morgan fingerprint density at radius 1 is 0.892 bits per heavy atom. The van der Waals surface area contributed by atoms with Crippen LogP contribution in [0, 0.1) is 25.7 Å². The Bertz CT molecular complexity index is 1440. The van der Waals surface area contributed by atoms with E-state index in [4.69, 9.17) is 4.74 Å². The molecule has 2 fully saturated rings. The molecule has 4 atom stereocenters. The molecule has 7 heteroatoms. The van der Waals surface area contributed by atoms with Gasteiger partial charge in [-0.1, -0.05) is 30.3 Å². The fourth-order valence-electron chi connectivity index (χ4n) is 6.08. The number of hydrogen-bond acceptors (Lipinski definition) is 5. The Morgan fingerprint density at radius 3 is 2.27 bits per heavy atom. The van der Waals surface area contributed by atoms with E-state index in [0.29, 0.717) is 17.1 Å². The number of hydrogen-bond donors (Lipinski definition) is 1. The Balaban J connectivity index is 1.43. The van der Waals surface area contributed by atoms with E-state index in [9.17, 15) is 14.4 Å². The highest BCUT2D eigenvalue weighted by molar-refractivity contribution is 6.24. The van der Waals surface area contributed by atoms with Crippen molar-refractivity contribution in [1.82, 2.24) is 4.90 Å². The number of carbonyl (C=O) groups is 3. The molecule has 186 valence electrons. The normalized spacial score (nSPS) is 23.5. The summed E-state index contributed by atoms with van der Waals surface area (Å²) in [5.74, 6) is -1.74. The van der Waals surface area contributed by atoms with Gasteiger partial charge in [-0.3, -0.25) is 14.4 Å². The van der Waals surface area contributed by atoms with Gasteiger partial charge in [-0.05, 0) is 78.6 Å². The largest absolute Gasteiger partial charge is 0.497 e. The topological polar surface area (TPSA) is 79.0 Å². The number of fused-ring (bicyclic) bond motifs is 5. The monoisotopic (exact) mass is 493 g/mol. The van der Waals surface area contributed by atoms with Gasteiger partial charge in [-0.15, -0.1) is 0 Å². The van der Waals surface area contributed by atoms with Crippen LogP contribution in [0.5, 0.6) is 5.75 Å². The average Bonchev–Trinajstić information content (AvgIpc) is 3.36. The van der Waals surface area contributed by atoms with Gasteiger partial charge in [0, 0.05) is 11.9 Å². The zero-order valence-electron chi connectivity index (χ0n) is 20.8. The number of anilines is 2. The molecule has 3 aliphatic heterocycles. The summed E-state index contributed by atoms with van der Waals surface area (Å²) >= 11 is 0. The molecule has 1 N–H and O–H groups in total. The zero-order valence-corrected chi connectivity index (χ0v) is 20.8. The van der Waals surface area contributed by atoms with Crippen molar-refractivity contribution < 1.29 is 19.1 Å². The summed E-state index contributed by atoms with van der Waals surface area (Å²) in [6.07, 6.45) is 3.79. The van der Waals surface area contributed by atoms with E-state index in [1.807, 2.05) is 73.5 Å². The minimum atomic E-state index is -0.839. The number of carbonyl (C=O) groups excluding carboxylic acids is 3. The van der Waals surface area contributed by atoms with Gasteiger partial charge in [0.2, 0.25) is 17.7 Å². The molecule has 2 saturated heterocycles. The van der Waals surface area contributed by atoms with E-state index >= 15 is 0 Å². The maximum atomic E-state index is 14.0. The van der Waals surface area contributed by atoms with Gasteiger partial charge < -0.3 is 15.0 Å². The van der Waals surface area contributed by atoms with Gasteiger partial charge in [0.25, 0.3) is 0 Å². The van der Waals surface area contributed by atoms with Crippen molar-refractivity contribution in [3.63, 3.8) is 0 Å². The van der Waals surface area contributed by atoms with Crippen LogP contribution in [-0.4, -0.2) is 35.8 Å². The van der Waals surface area contributed by atoms with Crippen LogP contribution in [0.2, 0.25) is 0 Å². The molecule has 37 heavy (non-hydrogen) atoms. The van der Waals surface area contributed by atoms with Crippen LogP contribution in [0.15, 0.2) is 72.9 Å². The molecule has 3 amide bonds. The fourth-order valence-corrected chi connectivity index (χ4v) is 6.08. The fraction of sp³-hybridized carbons (Fsp3) is 0.233. The minimum absolute atomic E-state index is 0.264. The lowest BCUT2D eigenvalue weighted by Crippen LogP contribution is -2.46. The molecule has 0 radical (unpaired) electrons. The van der Waals surface area contributed by atoms with Crippen molar-refractivity contribution in [2.45, 2.75) is 25.9 Å². The highest BCUT2D eigenvalue weighted by atomic mass is 16.5. The Kier molecular flexibility index (Phi) is 5.37. The molecule has 0 unspecified atom stereocenters. The number of aryl methyl sites for hydroxylation is 2. The standard InChI is InChI=1S/C30H27N3O4/c1-17-14-18(2)16-21(15-17)33-29(35)24-25(30(33)36)27(28(34)31-20-8-10-22(37-3)11-9-20)32-13-12-19-6-4-5-7-23(19)26(24)32/h4-16,24-27H,1-3H3,(H,31,34)/t24-,25-,26-,27+/m1/s1. The third-order valence-corrected chi connectivity index (χ3v) is 7.55. The summed E-state index contributed by atoms with van der Waals surface area (Å²) in [7, 11) is 1.58. The van der Waals surface area contributed by atoms with Crippen LogP contribution in [0.4, 0.5) is 11.4 Å². The number of benzene rings is 3. The molecule has 0 spiro atoms. The van der Waals surface area contributed by atoms with Gasteiger partial charge in [0.05, 0.1) is 30.7 Å². The average molecular weight is 494 g/mol. The van der Waals surface area contributed by atoms with E-state index in [1.54, 1.807) is 31.4 Å². The number of amides is 3. The molecule has 6 rings (SSSR count). The van der Waals surface area contributed by atoms with Gasteiger partial charge >= 0.3 is 0 Å². The van der Waals surface area contributed by atoms with Crippen LogP contribution in [0.3, 0.4) is 0 Å². The predicted molar refractivity (Wildman–Crippen MR) is 141 cm³/mol. The Labute approximate surface area is 215 Å². The summed E-state index contributed by atoms with van der Waals surface area (Å²) in [5, 5.41) is 2.96. The minimum Gasteiger partial charge on any atom is -0.497 e. The molecule has 3 aromatic carbocycles. The first-order chi connectivity index (χ1) is 17.9. The van der Waals surface area contributed by atoms with Crippen molar-refractivity contribution in [3.8, 4) is 5.75 Å². The van der Waals surface area contributed by atoms with Crippen LogP contribution in [-0.2, 0) is 14.4 Å². The summed E-state index contributed by atoms with van der Waals surface area (Å²) in [5.41, 5.74) is 5.02. The van der Waals surface area contributed by atoms with E-state index in [-0.39, 0.29) is 17.7 Å². The molecule has 3 aromatic rings. The number of imide groups is 1. The van der Waals surface area contributed by atoms with E-state index in [2.05, 4.69) is 5.32 Å². The van der Waals surface area contributed by atoms with Crippen molar-refractivity contribution in [2.24, 2.45) is 11.8 Å². The summed E-state index contributed by atoms with van der Waals surface area (Å²) < 4.78 is 5.21. The van der Waals surface area contributed by atoms with E-state index in [0.717, 1.165) is 22.3 Å². The van der Waals surface area contributed by atoms with Crippen molar-refractivity contribution >= 4 is 35.2 Å². The molecular weight excluding hydrogens is 466 g/mol. The zero-order chi connectivity index (χ0) is 25.8. The molecule has 0 bridgehead atoms. The van der Waals surface area contributed by atoms with Gasteiger partial charge in [0.1, 0.15) is 11.8 Å². The Morgan fingerprint density at radius 2 is 1.57 bits per heavy atom. The lowest BCUT2D eigenvalue weighted by molar-refractivity contribution is -0.128. The second-order valence-electron chi connectivity index (χ2n) is 9.91. The first-order valence-electron chi connectivity index (χ1n) is 12.3. The van der Waals surface area contributed by atoms with E-state index in [1.165, 1.54) is 4.90 Å². The first-order valence-corrected chi connectivity index (χ1v) is 12.3. The lowest BCUT2D eigenvalue weighted by Gasteiger charge is -2.35. The number of methoxy groups -OCH3 is 1. The number of nitrogens with one attached hydrogen (secondary N) is 1. The van der Waals surface area contributed by atoms with Gasteiger partial charge in [-0.2, -0.15) is 0 Å². The number of rotatable bonds is 4. The molecule has 0 aliphatic carbocycles. The SMILES string of the molecule is COc1ccc(NC(=O)[C@@H]2[C@@H]3C(=O)N(c4cc(C)cc(C)c4)C(=O)[C@H]3[C@H]3c4ccccc4C=CN23)cc1. The first kappa shape index (κ1) is 23.0. The molecule has 0 saturated carbocycles. The van der Waals surface area contributed by atoms with Crippen LogP contribution < -0.4 is 15.0 Å². The third-order valence-electron chi connectivity index (χ3n) is 7.55. The highest BCUT2D eigenvalue weighted by Gasteiger charge is 2.64. The van der Waals surface area contributed by atoms with Gasteiger partial charge in [-0.25, -0.2) is 4.90 Å². The Hall–Kier alpha value is -4.39. The predicted octanol–water partition coefficient (Wildman–Crippen LogP) is 4.47. The molecule has 7 nitrogen and oxygen atoms in total. The molecular formula is C30H27N3O4.